The molecule has 0 aliphatic rings. The fourth-order valence-corrected chi connectivity index (χ4v) is 2.04. The zero-order chi connectivity index (χ0) is 13.8. The van der Waals surface area contributed by atoms with E-state index in [4.69, 9.17) is 4.74 Å². The number of anilines is 2. The summed E-state index contributed by atoms with van der Waals surface area (Å²) in [5, 5.41) is 2.83. The summed E-state index contributed by atoms with van der Waals surface area (Å²) in [6, 6.07) is 6.17. The number of nitrogens with zero attached hydrogens (tertiary/aromatic N) is 1. The number of pyridine rings is 1. The van der Waals surface area contributed by atoms with Crippen molar-refractivity contribution >= 4 is 33.3 Å². The van der Waals surface area contributed by atoms with Gasteiger partial charge in [-0.2, -0.15) is 0 Å². The molecule has 6 heteroatoms. The van der Waals surface area contributed by atoms with Crippen LogP contribution in [0, 0.1) is 5.82 Å². The summed E-state index contributed by atoms with van der Waals surface area (Å²) in [7, 11) is 1.28. The maximum Gasteiger partial charge on any atom is 0.341 e. The van der Waals surface area contributed by atoms with Gasteiger partial charge in [0.2, 0.25) is 0 Å². The van der Waals surface area contributed by atoms with Crippen LogP contribution in [0.4, 0.5) is 15.8 Å². The average Bonchev–Trinajstić information content (AvgIpc) is 2.41. The Balaban J connectivity index is 2.43. The van der Waals surface area contributed by atoms with E-state index in [1.807, 2.05) is 0 Å². The van der Waals surface area contributed by atoms with Crippen LogP contribution < -0.4 is 5.32 Å². The van der Waals surface area contributed by atoms with Crippen LogP contribution in [0.1, 0.15) is 10.4 Å². The van der Waals surface area contributed by atoms with Crippen LogP contribution >= 0.6 is 15.9 Å². The number of rotatable bonds is 3. The number of hydrogen-bond acceptors (Lipinski definition) is 4. The molecule has 0 bridgehead atoms. The van der Waals surface area contributed by atoms with E-state index < -0.39 is 11.8 Å². The lowest BCUT2D eigenvalue weighted by atomic mass is 10.2. The second kappa shape index (κ2) is 5.79. The van der Waals surface area contributed by atoms with Gasteiger partial charge in [0.15, 0.2) is 0 Å². The molecule has 98 valence electrons. The second-order valence-electron chi connectivity index (χ2n) is 3.64. The highest BCUT2D eigenvalue weighted by Crippen LogP contribution is 2.27. The summed E-state index contributed by atoms with van der Waals surface area (Å²) in [6.07, 6.45) is 2.90. The van der Waals surface area contributed by atoms with Crippen molar-refractivity contribution in [3.63, 3.8) is 0 Å². The highest BCUT2D eigenvalue weighted by Gasteiger charge is 2.17. The standard InChI is InChI=1S/C13H10BrFN2O2/c1-19-13(18)12-8(14)6-16-7-11(12)17-10-5-3-2-4-9(10)15/h2-7,17H,1H3. The SMILES string of the molecule is COC(=O)c1c(Br)cncc1Nc1ccccc1F. The minimum Gasteiger partial charge on any atom is -0.465 e. The first-order valence-electron chi connectivity index (χ1n) is 5.37. The molecule has 0 aliphatic heterocycles. The number of nitrogens with one attached hydrogen (secondary N) is 1. The van der Waals surface area contributed by atoms with Gasteiger partial charge in [-0.15, -0.1) is 0 Å². The van der Waals surface area contributed by atoms with Gasteiger partial charge in [0.1, 0.15) is 11.4 Å². The maximum atomic E-state index is 13.6. The number of halogens is 2. The number of carbonyl (C=O) groups excluding carboxylic acids is 1. The van der Waals surface area contributed by atoms with Crippen LogP contribution in [-0.4, -0.2) is 18.1 Å². The van der Waals surface area contributed by atoms with Crippen molar-refractivity contribution in [3.05, 3.63) is 52.5 Å². The Hall–Kier alpha value is -1.95. The summed E-state index contributed by atoms with van der Waals surface area (Å²) < 4.78 is 18.7. The van der Waals surface area contributed by atoms with Crippen LogP contribution in [0.15, 0.2) is 41.1 Å². The van der Waals surface area contributed by atoms with Crippen LogP contribution in [-0.2, 0) is 4.74 Å². The molecule has 2 aromatic rings. The van der Waals surface area contributed by atoms with Crippen molar-refractivity contribution in [1.29, 1.82) is 0 Å². The Morgan fingerprint density at radius 1 is 1.32 bits per heavy atom. The van der Waals surface area contributed by atoms with E-state index in [2.05, 4.69) is 26.2 Å². The molecule has 0 atom stereocenters. The van der Waals surface area contributed by atoms with Crippen molar-refractivity contribution in [3.8, 4) is 0 Å². The maximum absolute atomic E-state index is 13.6. The molecule has 1 N–H and O–H groups in total. The molecule has 0 fully saturated rings. The molecule has 0 saturated heterocycles. The molecule has 0 amide bonds. The minimum atomic E-state index is -0.534. The van der Waals surface area contributed by atoms with Gasteiger partial charge >= 0.3 is 5.97 Å². The summed E-state index contributed by atoms with van der Waals surface area (Å²) in [4.78, 5) is 15.7. The number of carbonyl (C=O) groups is 1. The Morgan fingerprint density at radius 3 is 2.74 bits per heavy atom. The van der Waals surface area contributed by atoms with Gasteiger partial charge in [0, 0.05) is 6.20 Å². The normalized spacial score (nSPS) is 10.1. The number of esters is 1. The van der Waals surface area contributed by atoms with Crippen molar-refractivity contribution in [2.75, 3.05) is 12.4 Å². The average molecular weight is 325 g/mol. The van der Waals surface area contributed by atoms with Crippen LogP contribution in [0.25, 0.3) is 0 Å². The summed E-state index contributed by atoms with van der Waals surface area (Å²) in [5.41, 5.74) is 0.889. The largest absolute Gasteiger partial charge is 0.465 e. The van der Waals surface area contributed by atoms with E-state index in [1.54, 1.807) is 18.2 Å². The third-order valence-electron chi connectivity index (χ3n) is 2.43. The molecule has 1 aromatic carbocycles. The lowest BCUT2D eigenvalue weighted by Gasteiger charge is -2.12. The van der Waals surface area contributed by atoms with Crippen LogP contribution in [0.2, 0.25) is 0 Å². The van der Waals surface area contributed by atoms with Gasteiger partial charge in [-0.25, -0.2) is 9.18 Å². The van der Waals surface area contributed by atoms with Gasteiger partial charge in [-0.1, -0.05) is 12.1 Å². The summed E-state index contributed by atoms with van der Waals surface area (Å²) in [5.74, 6) is -0.952. The monoisotopic (exact) mass is 324 g/mol. The first kappa shape index (κ1) is 13.5. The van der Waals surface area contributed by atoms with E-state index in [9.17, 15) is 9.18 Å². The second-order valence-corrected chi connectivity index (χ2v) is 4.49. The third kappa shape index (κ3) is 2.90. The van der Waals surface area contributed by atoms with Gasteiger partial charge in [0.05, 0.1) is 29.2 Å². The van der Waals surface area contributed by atoms with E-state index in [-0.39, 0.29) is 11.3 Å². The third-order valence-corrected chi connectivity index (χ3v) is 3.03. The Morgan fingerprint density at radius 2 is 2.05 bits per heavy atom. The highest BCUT2D eigenvalue weighted by molar-refractivity contribution is 9.10. The van der Waals surface area contributed by atoms with Crippen molar-refractivity contribution in [2.24, 2.45) is 0 Å². The molecule has 4 nitrogen and oxygen atoms in total. The molecular formula is C13H10BrFN2O2. The van der Waals surface area contributed by atoms with Crippen molar-refractivity contribution < 1.29 is 13.9 Å². The number of aromatic nitrogens is 1. The molecular weight excluding hydrogens is 315 g/mol. The van der Waals surface area contributed by atoms with Gasteiger partial charge < -0.3 is 10.1 Å². The lowest BCUT2D eigenvalue weighted by molar-refractivity contribution is 0.0600. The smallest absolute Gasteiger partial charge is 0.341 e. The zero-order valence-electron chi connectivity index (χ0n) is 9.98. The van der Waals surface area contributed by atoms with E-state index in [1.165, 1.54) is 25.6 Å². The van der Waals surface area contributed by atoms with Crippen LogP contribution in [0.5, 0.6) is 0 Å². The number of para-hydroxylation sites is 1. The molecule has 0 saturated carbocycles. The quantitative estimate of drug-likeness (QED) is 0.878. The predicted octanol–water partition coefficient (Wildman–Crippen LogP) is 3.51. The predicted molar refractivity (Wildman–Crippen MR) is 73.0 cm³/mol. The van der Waals surface area contributed by atoms with Crippen molar-refractivity contribution in [1.82, 2.24) is 4.98 Å². The molecule has 0 radical (unpaired) electrons. The number of benzene rings is 1. The van der Waals surface area contributed by atoms with Gasteiger partial charge in [-0.3, -0.25) is 4.98 Å². The number of ether oxygens (including phenoxy) is 1. The minimum absolute atomic E-state index is 0.257. The number of methoxy groups -OCH3 is 1. The molecule has 2 rings (SSSR count). The fraction of sp³-hybridized carbons (Fsp3) is 0.0769. The number of hydrogen-bond donors (Lipinski definition) is 1. The van der Waals surface area contributed by atoms with Crippen LogP contribution in [0.3, 0.4) is 0 Å². The fourth-order valence-electron chi connectivity index (χ4n) is 1.55. The Labute approximate surface area is 117 Å². The Bertz CT molecular complexity index is 619. The summed E-state index contributed by atoms with van der Waals surface area (Å²) >= 11 is 3.22. The first-order chi connectivity index (χ1) is 9.13. The van der Waals surface area contributed by atoms with E-state index in [0.29, 0.717) is 10.2 Å². The van der Waals surface area contributed by atoms with Gasteiger partial charge in [0.25, 0.3) is 0 Å². The van der Waals surface area contributed by atoms with E-state index >= 15 is 0 Å². The summed E-state index contributed by atoms with van der Waals surface area (Å²) in [6.45, 7) is 0. The molecule has 1 heterocycles. The van der Waals surface area contributed by atoms with Gasteiger partial charge in [-0.05, 0) is 28.1 Å². The highest BCUT2D eigenvalue weighted by atomic mass is 79.9. The topological polar surface area (TPSA) is 51.2 Å². The first-order valence-corrected chi connectivity index (χ1v) is 6.16. The molecule has 0 spiro atoms. The van der Waals surface area contributed by atoms with E-state index in [0.717, 1.165) is 0 Å². The molecule has 0 aliphatic carbocycles. The molecule has 1 aromatic heterocycles. The zero-order valence-corrected chi connectivity index (χ0v) is 11.6. The van der Waals surface area contributed by atoms with Crippen molar-refractivity contribution in [2.45, 2.75) is 0 Å². The molecule has 19 heavy (non-hydrogen) atoms. The lowest BCUT2D eigenvalue weighted by Crippen LogP contribution is -2.08. The molecule has 0 unspecified atom stereocenters. The Kier molecular flexibility index (Phi) is 4.11.